The van der Waals surface area contributed by atoms with E-state index in [1.54, 1.807) is 0 Å². The van der Waals surface area contributed by atoms with E-state index in [-0.39, 0.29) is 0 Å². The Morgan fingerprint density at radius 2 is 1.56 bits per heavy atom. The number of benzene rings is 2. The van der Waals surface area contributed by atoms with E-state index in [1.165, 1.54) is 16.7 Å². The van der Waals surface area contributed by atoms with Crippen molar-refractivity contribution in [1.82, 2.24) is 0 Å². The first-order valence-corrected chi connectivity index (χ1v) is 5.40. The summed E-state index contributed by atoms with van der Waals surface area (Å²) in [6.07, 6.45) is 0. The van der Waals surface area contributed by atoms with Gasteiger partial charge in [0.2, 0.25) is 0 Å². The lowest BCUT2D eigenvalue weighted by atomic mass is 9.98. The van der Waals surface area contributed by atoms with Gasteiger partial charge in [-0.05, 0) is 34.7 Å². The molecule has 0 saturated heterocycles. The normalized spacial score (nSPS) is 15.7. The van der Waals surface area contributed by atoms with Gasteiger partial charge < -0.3 is 11.5 Å². The van der Waals surface area contributed by atoms with Gasteiger partial charge in [0.1, 0.15) is 5.66 Å². The highest BCUT2D eigenvalue weighted by molar-refractivity contribution is 5.82. The van der Waals surface area contributed by atoms with Crippen LogP contribution < -0.4 is 11.5 Å². The summed E-state index contributed by atoms with van der Waals surface area (Å²) in [5.74, 6) is 0. The van der Waals surface area contributed by atoms with E-state index in [4.69, 9.17) is 11.5 Å². The van der Waals surface area contributed by atoms with Gasteiger partial charge in [0.05, 0.1) is 0 Å². The predicted molar refractivity (Wildman–Crippen MR) is 65.8 cm³/mol. The number of hydrogen-bond acceptors (Lipinski definition) is 2. The summed E-state index contributed by atoms with van der Waals surface area (Å²) < 4.78 is 0. The molecule has 0 heterocycles. The fourth-order valence-electron chi connectivity index (χ4n) is 2.58. The predicted octanol–water partition coefficient (Wildman–Crippen LogP) is 2.09. The summed E-state index contributed by atoms with van der Waals surface area (Å²) in [4.78, 5) is 0. The van der Waals surface area contributed by atoms with Crippen LogP contribution in [0.1, 0.15) is 16.7 Å². The zero-order valence-corrected chi connectivity index (χ0v) is 9.20. The molecule has 0 spiro atoms. The maximum atomic E-state index is 6.25. The zero-order valence-electron chi connectivity index (χ0n) is 9.20. The van der Waals surface area contributed by atoms with Crippen LogP contribution in [0.5, 0.6) is 0 Å². The molecule has 16 heavy (non-hydrogen) atoms. The molecule has 0 fully saturated rings. The highest BCUT2D eigenvalue weighted by Crippen LogP contribution is 2.44. The molecule has 1 aliphatic rings. The first-order valence-electron chi connectivity index (χ1n) is 5.40. The number of nitrogens with two attached hydrogens (primary N) is 2. The Labute approximate surface area is 94.9 Å². The average Bonchev–Trinajstić information content (AvgIpc) is 2.51. The minimum atomic E-state index is -0.849. The molecule has 0 saturated carbocycles. The molecule has 0 bridgehead atoms. The summed E-state index contributed by atoms with van der Waals surface area (Å²) in [5, 5.41) is 0. The highest BCUT2D eigenvalue weighted by Gasteiger charge is 2.36. The van der Waals surface area contributed by atoms with Crippen LogP contribution in [0.25, 0.3) is 11.1 Å². The summed E-state index contributed by atoms with van der Waals surface area (Å²) in [5.41, 5.74) is 17.3. The van der Waals surface area contributed by atoms with E-state index in [0.29, 0.717) is 0 Å². The average molecular weight is 210 g/mol. The SMILES string of the molecule is Cc1cccc2c1-c1ccccc1C2(N)N. The zero-order chi connectivity index (χ0) is 11.3. The molecule has 2 heteroatoms. The number of rotatable bonds is 0. The number of hydrogen-bond donors (Lipinski definition) is 2. The van der Waals surface area contributed by atoms with Crippen LogP contribution >= 0.6 is 0 Å². The van der Waals surface area contributed by atoms with Gasteiger partial charge in [0.15, 0.2) is 0 Å². The van der Waals surface area contributed by atoms with Gasteiger partial charge in [0, 0.05) is 0 Å². The lowest BCUT2D eigenvalue weighted by Crippen LogP contribution is -2.45. The van der Waals surface area contributed by atoms with Crippen molar-refractivity contribution in [1.29, 1.82) is 0 Å². The molecule has 3 rings (SSSR count). The van der Waals surface area contributed by atoms with Crippen LogP contribution in [-0.2, 0) is 5.66 Å². The second kappa shape index (κ2) is 2.94. The Balaban J connectivity index is 2.45. The van der Waals surface area contributed by atoms with Gasteiger partial charge in [-0.2, -0.15) is 0 Å². The smallest absolute Gasteiger partial charge is 0.118 e. The van der Waals surface area contributed by atoms with Crippen LogP contribution in [-0.4, -0.2) is 0 Å². The van der Waals surface area contributed by atoms with Gasteiger partial charge in [-0.25, -0.2) is 0 Å². The van der Waals surface area contributed by atoms with E-state index in [1.807, 2.05) is 30.3 Å². The molecule has 2 aromatic carbocycles. The summed E-state index contributed by atoms with van der Waals surface area (Å²) in [7, 11) is 0. The van der Waals surface area contributed by atoms with Crippen molar-refractivity contribution < 1.29 is 0 Å². The second-order valence-electron chi connectivity index (χ2n) is 4.41. The van der Waals surface area contributed by atoms with Gasteiger partial charge in [-0.1, -0.05) is 42.5 Å². The lowest BCUT2D eigenvalue weighted by molar-refractivity contribution is 0.584. The van der Waals surface area contributed by atoms with E-state index < -0.39 is 5.66 Å². The Morgan fingerprint density at radius 1 is 0.875 bits per heavy atom. The molecule has 0 aromatic heterocycles. The van der Waals surface area contributed by atoms with Gasteiger partial charge in [-0.15, -0.1) is 0 Å². The van der Waals surface area contributed by atoms with E-state index in [0.717, 1.165) is 11.1 Å². The molecule has 1 aliphatic carbocycles. The minimum Gasteiger partial charge on any atom is -0.306 e. The van der Waals surface area contributed by atoms with E-state index >= 15 is 0 Å². The monoisotopic (exact) mass is 210 g/mol. The summed E-state index contributed by atoms with van der Waals surface area (Å²) in [6.45, 7) is 2.09. The van der Waals surface area contributed by atoms with Crippen LogP contribution in [0.3, 0.4) is 0 Å². The fourth-order valence-corrected chi connectivity index (χ4v) is 2.58. The quantitative estimate of drug-likeness (QED) is 0.654. The third-order valence-corrected chi connectivity index (χ3v) is 3.36. The molecule has 2 nitrogen and oxygen atoms in total. The van der Waals surface area contributed by atoms with E-state index in [2.05, 4.69) is 19.1 Å². The van der Waals surface area contributed by atoms with Gasteiger partial charge >= 0.3 is 0 Å². The van der Waals surface area contributed by atoms with Crippen LogP contribution in [0.2, 0.25) is 0 Å². The van der Waals surface area contributed by atoms with Crippen molar-refractivity contribution in [3.05, 3.63) is 59.2 Å². The topological polar surface area (TPSA) is 52.0 Å². The van der Waals surface area contributed by atoms with Crippen LogP contribution in [0.4, 0.5) is 0 Å². The molecule has 0 atom stereocenters. The Hall–Kier alpha value is -1.64. The van der Waals surface area contributed by atoms with Gasteiger partial charge in [-0.3, -0.25) is 0 Å². The third kappa shape index (κ3) is 1.03. The second-order valence-corrected chi connectivity index (χ2v) is 4.41. The third-order valence-electron chi connectivity index (χ3n) is 3.36. The van der Waals surface area contributed by atoms with Gasteiger partial charge in [0.25, 0.3) is 0 Å². The summed E-state index contributed by atoms with van der Waals surface area (Å²) >= 11 is 0. The Morgan fingerprint density at radius 3 is 2.38 bits per heavy atom. The fraction of sp³-hybridized carbons (Fsp3) is 0.143. The largest absolute Gasteiger partial charge is 0.306 e. The van der Waals surface area contributed by atoms with Crippen LogP contribution in [0.15, 0.2) is 42.5 Å². The van der Waals surface area contributed by atoms with Crippen molar-refractivity contribution in [2.75, 3.05) is 0 Å². The number of fused-ring (bicyclic) bond motifs is 3. The Kier molecular flexibility index (Phi) is 1.76. The van der Waals surface area contributed by atoms with Crippen molar-refractivity contribution in [3.8, 4) is 11.1 Å². The molecule has 4 N–H and O–H groups in total. The molecule has 0 aliphatic heterocycles. The molecule has 0 radical (unpaired) electrons. The first kappa shape index (κ1) is 9.58. The molecule has 0 amide bonds. The van der Waals surface area contributed by atoms with Crippen molar-refractivity contribution >= 4 is 0 Å². The lowest BCUT2D eigenvalue weighted by Gasteiger charge is -2.21. The maximum absolute atomic E-state index is 6.25. The van der Waals surface area contributed by atoms with Crippen molar-refractivity contribution in [2.24, 2.45) is 11.5 Å². The number of aryl methyl sites for hydroxylation is 1. The molecule has 2 aromatic rings. The highest BCUT2D eigenvalue weighted by atomic mass is 15.0. The van der Waals surface area contributed by atoms with Crippen molar-refractivity contribution in [2.45, 2.75) is 12.6 Å². The standard InChI is InChI=1S/C14H14N2/c1-9-5-4-8-12-13(9)10-6-2-3-7-11(10)14(12,15)16/h2-8H,15-16H2,1H3. The molecular weight excluding hydrogens is 196 g/mol. The minimum absolute atomic E-state index is 0.849. The molecule has 80 valence electrons. The molecular formula is C14H14N2. The first-order chi connectivity index (χ1) is 7.62. The van der Waals surface area contributed by atoms with E-state index in [9.17, 15) is 0 Å². The van der Waals surface area contributed by atoms with Crippen molar-refractivity contribution in [3.63, 3.8) is 0 Å². The Bertz CT molecular complexity index is 571. The summed E-state index contributed by atoms with van der Waals surface area (Å²) in [6, 6.07) is 14.2. The maximum Gasteiger partial charge on any atom is 0.118 e. The molecule has 0 unspecified atom stereocenters. The van der Waals surface area contributed by atoms with Crippen LogP contribution in [0, 0.1) is 6.92 Å².